The van der Waals surface area contributed by atoms with E-state index in [1.807, 2.05) is 0 Å². The molecule has 0 bridgehead atoms. The number of pyridine rings is 1. The first-order valence-corrected chi connectivity index (χ1v) is 10.6. The summed E-state index contributed by atoms with van der Waals surface area (Å²) in [6.07, 6.45) is 3.08. The van der Waals surface area contributed by atoms with E-state index in [-0.39, 0.29) is 5.78 Å². The highest BCUT2D eigenvalue weighted by Gasteiger charge is 2.28. The fourth-order valence-electron chi connectivity index (χ4n) is 4.35. The second-order valence-electron chi connectivity index (χ2n) is 7.84. The van der Waals surface area contributed by atoms with Crippen LogP contribution in [0.3, 0.4) is 0 Å². The van der Waals surface area contributed by atoms with E-state index in [0.29, 0.717) is 48.0 Å². The summed E-state index contributed by atoms with van der Waals surface area (Å²) in [5.41, 5.74) is 11.6. The largest absolute Gasteiger partial charge is 0.383 e. The first-order chi connectivity index (χ1) is 14.7. The van der Waals surface area contributed by atoms with Gasteiger partial charge in [-0.25, -0.2) is 4.98 Å². The number of nitrogens with zero attached hydrogens (tertiary/aromatic N) is 4. The number of carbonyl (C=O) groups excluding carboxylic acids is 1. The molecule has 7 nitrogen and oxygen atoms in total. The molecule has 2 aliphatic rings. The van der Waals surface area contributed by atoms with E-state index >= 15 is 0 Å². The van der Waals surface area contributed by atoms with Crippen molar-refractivity contribution in [3.05, 3.63) is 41.1 Å². The molecule has 0 unspecified atom stereocenters. The fourth-order valence-corrected chi connectivity index (χ4v) is 4.35. The Morgan fingerprint density at radius 1 is 1.03 bits per heavy atom. The van der Waals surface area contributed by atoms with E-state index < -0.39 is 0 Å². The van der Waals surface area contributed by atoms with E-state index in [0.717, 1.165) is 49.2 Å². The molecular weight excluding hydrogens is 378 g/mol. The lowest BCUT2D eigenvalue weighted by Gasteiger charge is -2.27. The third-order valence-electron chi connectivity index (χ3n) is 5.98. The minimum absolute atomic E-state index is 0.122. The van der Waals surface area contributed by atoms with E-state index in [2.05, 4.69) is 41.1 Å². The smallest absolute Gasteiger partial charge is 0.229 e. The van der Waals surface area contributed by atoms with Crippen LogP contribution in [0.15, 0.2) is 24.3 Å². The van der Waals surface area contributed by atoms with Crippen LogP contribution < -0.4 is 10.6 Å². The number of nitrogen functional groups attached to an aromatic ring is 1. The predicted octanol–water partition coefficient (Wildman–Crippen LogP) is 3.19. The number of aromatic nitrogens is 3. The Labute approximate surface area is 175 Å². The maximum Gasteiger partial charge on any atom is 0.229 e. The van der Waals surface area contributed by atoms with Crippen molar-refractivity contribution in [3.63, 3.8) is 0 Å². The fraction of sp³-hybridized carbons (Fsp3) is 0.391. The van der Waals surface area contributed by atoms with Gasteiger partial charge in [-0.15, -0.1) is 0 Å². The van der Waals surface area contributed by atoms with Gasteiger partial charge in [-0.3, -0.25) is 4.79 Å². The highest BCUT2D eigenvalue weighted by atomic mass is 16.5. The van der Waals surface area contributed by atoms with Crippen LogP contribution in [-0.4, -0.2) is 47.0 Å². The minimum atomic E-state index is 0.122. The molecule has 0 saturated carbocycles. The van der Waals surface area contributed by atoms with Gasteiger partial charge in [-0.2, -0.15) is 9.97 Å². The Morgan fingerprint density at radius 3 is 2.53 bits per heavy atom. The van der Waals surface area contributed by atoms with Crippen LogP contribution in [0.2, 0.25) is 0 Å². The van der Waals surface area contributed by atoms with E-state index in [1.54, 1.807) is 0 Å². The molecule has 1 aliphatic heterocycles. The van der Waals surface area contributed by atoms with Crippen molar-refractivity contribution >= 4 is 28.6 Å². The normalized spacial score (nSPS) is 16.7. The number of morpholine rings is 1. The molecule has 2 aromatic heterocycles. The van der Waals surface area contributed by atoms with Gasteiger partial charge in [0.1, 0.15) is 5.82 Å². The molecule has 3 heterocycles. The van der Waals surface area contributed by atoms with Crippen LogP contribution in [0.25, 0.3) is 22.2 Å². The van der Waals surface area contributed by atoms with Crippen LogP contribution in [0, 0.1) is 0 Å². The van der Waals surface area contributed by atoms with Crippen LogP contribution >= 0.6 is 0 Å². The molecule has 0 amide bonds. The number of rotatable bonds is 3. The van der Waals surface area contributed by atoms with Crippen LogP contribution in [0.5, 0.6) is 0 Å². The standard InChI is InChI=1S/C23H25N5O2/c1-2-14-6-8-15(9-7-14)18-19-16(4-3-5-17(19)29)25-22-20(18)21(24)26-23(27-22)28-10-12-30-13-11-28/h6-9H,2-5,10-13H2,1H3,(H2,24,25,26,27). The van der Waals surface area contributed by atoms with Gasteiger partial charge in [0.15, 0.2) is 11.4 Å². The van der Waals surface area contributed by atoms with Crippen molar-refractivity contribution < 1.29 is 9.53 Å². The number of hydrogen-bond acceptors (Lipinski definition) is 7. The van der Waals surface area contributed by atoms with Crippen molar-refractivity contribution in [2.45, 2.75) is 32.6 Å². The van der Waals surface area contributed by atoms with Gasteiger partial charge in [0.25, 0.3) is 0 Å². The topological polar surface area (TPSA) is 94.2 Å². The van der Waals surface area contributed by atoms with E-state index in [4.69, 9.17) is 20.4 Å². The quantitative estimate of drug-likeness (QED) is 0.718. The van der Waals surface area contributed by atoms with Crippen molar-refractivity contribution in [2.75, 3.05) is 36.9 Å². The summed E-state index contributed by atoms with van der Waals surface area (Å²) in [6, 6.07) is 8.32. The Kier molecular flexibility index (Phi) is 4.83. The van der Waals surface area contributed by atoms with Crippen molar-refractivity contribution in [3.8, 4) is 11.1 Å². The van der Waals surface area contributed by atoms with Crippen LogP contribution in [0.4, 0.5) is 11.8 Å². The average Bonchev–Trinajstić information content (AvgIpc) is 2.78. The molecule has 7 heteroatoms. The number of aryl methyl sites for hydroxylation is 2. The van der Waals surface area contributed by atoms with Gasteiger partial charge in [0.2, 0.25) is 5.95 Å². The number of ether oxygens (including phenoxy) is 1. The van der Waals surface area contributed by atoms with E-state index in [1.165, 1.54) is 5.56 Å². The summed E-state index contributed by atoms with van der Waals surface area (Å²) >= 11 is 0. The molecular formula is C23H25N5O2. The van der Waals surface area contributed by atoms with Crippen molar-refractivity contribution in [1.82, 2.24) is 15.0 Å². The molecule has 0 spiro atoms. The molecule has 2 N–H and O–H groups in total. The summed E-state index contributed by atoms with van der Waals surface area (Å²) in [6.45, 7) is 4.85. The SMILES string of the molecule is CCc1ccc(-c2c3c(nc4nc(N5CCOCC5)nc(N)c24)CCCC3=O)cc1. The van der Waals surface area contributed by atoms with Crippen molar-refractivity contribution in [1.29, 1.82) is 0 Å². The number of benzene rings is 1. The summed E-state index contributed by atoms with van der Waals surface area (Å²) in [7, 11) is 0. The lowest BCUT2D eigenvalue weighted by molar-refractivity contribution is 0.0972. The second kappa shape index (κ2) is 7.65. The summed E-state index contributed by atoms with van der Waals surface area (Å²) in [4.78, 5) is 29.2. The van der Waals surface area contributed by atoms with Gasteiger partial charge in [0.05, 0.1) is 24.3 Å². The number of nitrogens with two attached hydrogens (primary N) is 1. The van der Waals surface area contributed by atoms with E-state index in [9.17, 15) is 4.79 Å². The summed E-state index contributed by atoms with van der Waals surface area (Å²) in [5.74, 6) is 1.06. The Hall–Kier alpha value is -3.06. The second-order valence-corrected chi connectivity index (χ2v) is 7.84. The third kappa shape index (κ3) is 3.19. The third-order valence-corrected chi connectivity index (χ3v) is 5.98. The number of hydrogen-bond donors (Lipinski definition) is 1. The first kappa shape index (κ1) is 18.9. The Balaban J connectivity index is 1.76. The molecule has 1 aliphatic carbocycles. The highest BCUT2D eigenvalue weighted by Crippen LogP contribution is 2.38. The zero-order valence-corrected chi connectivity index (χ0v) is 17.1. The zero-order valence-electron chi connectivity index (χ0n) is 17.1. The highest BCUT2D eigenvalue weighted by molar-refractivity contribution is 6.13. The molecule has 0 atom stereocenters. The summed E-state index contributed by atoms with van der Waals surface area (Å²) < 4.78 is 5.44. The average molecular weight is 403 g/mol. The number of fused-ring (bicyclic) bond motifs is 2. The van der Waals surface area contributed by atoms with Gasteiger partial charge in [0, 0.05) is 30.6 Å². The molecule has 3 aromatic rings. The van der Waals surface area contributed by atoms with Gasteiger partial charge < -0.3 is 15.4 Å². The number of anilines is 2. The molecule has 1 fully saturated rings. The number of Topliss-reactive ketones (excluding diaryl/α,β-unsaturated/α-hetero) is 1. The van der Waals surface area contributed by atoms with Gasteiger partial charge >= 0.3 is 0 Å². The maximum absolute atomic E-state index is 12.9. The maximum atomic E-state index is 12.9. The molecule has 154 valence electrons. The molecule has 5 rings (SSSR count). The lowest BCUT2D eigenvalue weighted by atomic mass is 9.86. The van der Waals surface area contributed by atoms with Crippen LogP contribution in [0.1, 0.15) is 41.4 Å². The molecule has 1 aromatic carbocycles. The predicted molar refractivity (Wildman–Crippen MR) is 117 cm³/mol. The Morgan fingerprint density at radius 2 is 1.80 bits per heavy atom. The molecule has 30 heavy (non-hydrogen) atoms. The Bertz CT molecular complexity index is 1120. The molecule has 0 radical (unpaired) electrons. The molecule has 1 saturated heterocycles. The minimum Gasteiger partial charge on any atom is -0.383 e. The number of ketones is 1. The monoisotopic (exact) mass is 403 g/mol. The van der Waals surface area contributed by atoms with Crippen molar-refractivity contribution in [2.24, 2.45) is 0 Å². The number of carbonyl (C=O) groups is 1. The first-order valence-electron chi connectivity index (χ1n) is 10.6. The van der Waals surface area contributed by atoms with Gasteiger partial charge in [-0.1, -0.05) is 31.2 Å². The van der Waals surface area contributed by atoms with Gasteiger partial charge in [-0.05, 0) is 30.4 Å². The lowest BCUT2D eigenvalue weighted by Crippen LogP contribution is -2.37. The van der Waals surface area contributed by atoms with Crippen LogP contribution in [-0.2, 0) is 17.6 Å². The summed E-state index contributed by atoms with van der Waals surface area (Å²) in [5, 5.41) is 0.672. The zero-order chi connectivity index (χ0) is 20.7.